The Morgan fingerprint density at radius 2 is 2.04 bits per heavy atom. The topological polar surface area (TPSA) is 49.0 Å². The van der Waals surface area contributed by atoms with Gasteiger partial charge in [-0.1, -0.05) is 0 Å². The minimum absolute atomic E-state index is 0.0340. The van der Waals surface area contributed by atoms with Crippen LogP contribution in [0.15, 0.2) is 40.3 Å². The van der Waals surface area contributed by atoms with Crippen LogP contribution in [0, 0.1) is 5.92 Å². The molecule has 4 rings (SSSR count). The van der Waals surface area contributed by atoms with Gasteiger partial charge < -0.3 is 9.30 Å². The van der Waals surface area contributed by atoms with Crippen molar-refractivity contribution in [3.63, 3.8) is 0 Å². The zero-order valence-corrected chi connectivity index (χ0v) is 15.5. The number of aromatic nitrogens is 3. The van der Waals surface area contributed by atoms with E-state index >= 15 is 0 Å². The van der Waals surface area contributed by atoms with Crippen LogP contribution >= 0.6 is 11.8 Å². The van der Waals surface area contributed by atoms with Crippen molar-refractivity contribution >= 4 is 22.7 Å². The van der Waals surface area contributed by atoms with E-state index in [0.29, 0.717) is 11.3 Å². The van der Waals surface area contributed by atoms with Gasteiger partial charge in [-0.05, 0) is 43.2 Å². The van der Waals surface area contributed by atoms with Gasteiger partial charge in [0.2, 0.25) is 0 Å². The molecule has 1 saturated carbocycles. The number of rotatable bonds is 5. The molecule has 0 radical (unpaired) electrons. The molecule has 0 bridgehead atoms. The maximum atomic E-state index is 12.4. The van der Waals surface area contributed by atoms with Crippen LogP contribution in [0.3, 0.4) is 0 Å². The Balaban J connectivity index is 1.91. The van der Waals surface area contributed by atoms with Crippen LogP contribution in [0.5, 0.6) is 5.75 Å². The van der Waals surface area contributed by atoms with Crippen molar-refractivity contribution in [1.82, 2.24) is 14.3 Å². The highest BCUT2D eigenvalue weighted by molar-refractivity contribution is 7.98. The van der Waals surface area contributed by atoms with Crippen molar-refractivity contribution in [3.8, 4) is 16.9 Å². The summed E-state index contributed by atoms with van der Waals surface area (Å²) in [6.45, 7) is 0.753. The number of benzene rings is 1. The lowest BCUT2D eigenvalue weighted by Crippen LogP contribution is -2.16. The summed E-state index contributed by atoms with van der Waals surface area (Å²) >= 11 is 1.69. The van der Waals surface area contributed by atoms with Crippen molar-refractivity contribution in [2.24, 2.45) is 20.0 Å². The molecule has 0 N–H and O–H groups in total. The zero-order valence-electron chi connectivity index (χ0n) is 14.7. The predicted molar refractivity (Wildman–Crippen MR) is 101 cm³/mol. The Kier molecular flexibility index (Phi) is 4.07. The number of pyridine rings is 1. The first-order valence-corrected chi connectivity index (χ1v) is 9.63. The Hall–Kier alpha value is -2.21. The smallest absolute Gasteiger partial charge is 0.261 e. The average molecular weight is 355 g/mol. The molecule has 0 unspecified atom stereocenters. The van der Waals surface area contributed by atoms with Gasteiger partial charge in [0, 0.05) is 42.5 Å². The summed E-state index contributed by atoms with van der Waals surface area (Å²) in [6, 6.07) is 6.23. The lowest BCUT2D eigenvalue weighted by atomic mass is 10.0. The number of hydrogen-bond donors (Lipinski definition) is 0. The summed E-state index contributed by atoms with van der Waals surface area (Å²) in [7, 11) is 3.62. The minimum atomic E-state index is -0.0340. The van der Waals surface area contributed by atoms with Gasteiger partial charge in [-0.15, -0.1) is 11.8 Å². The first-order chi connectivity index (χ1) is 12.1. The van der Waals surface area contributed by atoms with E-state index in [1.807, 2.05) is 19.3 Å². The van der Waals surface area contributed by atoms with E-state index in [4.69, 9.17) is 4.74 Å². The Morgan fingerprint density at radius 1 is 1.24 bits per heavy atom. The normalized spacial score (nSPS) is 14.2. The van der Waals surface area contributed by atoms with E-state index in [0.717, 1.165) is 33.9 Å². The van der Waals surface area contributed by atoms with E-state index in [1.165, 1.54) is 12.8 Å². The molecule has 0 spiro atoms. The SMILES string of the molecule is CSc1ccc(OCC2CC2)c(-c2cn(C)c(=O)c3cn(C)nc23)c1. The second-order valence-corrected chi connectivity index (χ2v) is 7.52. The summed E-state index contributed by atoms with van der Waals surface area (Å²) in [5.74, 6) is 1.54. The van der Waals surface area contributed by atoms with Crippen LogP contribution in [0.2, 0.25) is 0 Å². The zero-order chi connectivity index (χ0) is 17.6. The molecule has 2 heterocycles. The third kappa shape index (κ3) is 3.06. The molecule has 0 aliphatic heterocycles. The fraction of sp³-hybridized carbons (Fsp3) is 0.368. The van der Waals surface area contributed by atoms with Crippen LogP contribution in [0.1, 0.15) is 12.8 Å². The minimum Gasteiger partial charge on any atom is -0.493 e. The summed E-state index contributed by atoms with van der Waals surface area (Å²) in [4.78, 5) is 13.6. The highest BCUT2D eigenvalue weighted by Crippen LogP contribution is 2.37. The Morgan fingerprint density at radius 3 is 2.76 bits per heavy atom. The summed E-state index contributed by atoms with van der Waals surface area (Å²) in [5.41, 5.74) is 2.61. The van der Waals surface area contributed by atoms with Crippen LogP contribution in [-0.2, 0) is 14.1 Å². The van der Waals surface area contributed by atoms with Gasteiger partial charge in [0.1, 0.15) is 11.3 Å². The monoisotopic (exact) mass is 355 g/mol. The number of nitrogens with zero attached hydrogens (tertiary/aromatic N) is 3. The maximum Gasteiger partial charge on any atom is 0.261 e. The first-order valence-electron chi connectivity index (χ1n) is 8.41. The predicted octanol–water partition coefficient (Wildman–Crippen LogP) is 3.45. The fourth-order valence-corrected chi connectivity index (χ4v) is 3.45. The van der Waals surface area contributed by atoms with Crippen molar-refractivity contribution in [1.29, 1.82) is 0 Å². The van der Waals surface area contributed by atoms with Gasteiger partial charge in [-0.3, -0.25) is 9.48 Å². The number of ether oxygens (including phenoxy) is 1. The van der Waals surface area contributed by atoms with Gasteiger partial charge in [-0.2, -0.15) is 5.10 Å². The van der Waals surface area contributed by atoms with Crippen LogP contribution in [-0.4, -0.2) is 27.2 Å². The number of fused-ring (bicyclic) bond motifs is 1. The molecule has 25 heavy (non-hydrogen) atoms. The Labute approximate surface area is 150 Å². The largest absolute Gasteiger partial charge is 0.493 e. The van der Waals surface area contributed by atoms with Gasteiger partial charge in [0.05, 0.1) is 12.0 Å². The standard InChI is InChI=1S/C19H21N3O2S/c1-21-9-15(18-16(19(21)23)10-22(2)20-18)14-8-13(25-3)6-7-17(14)24-11-12-4-5-12/h6-10,12H,4-5,11H2,1-3H3. The molecule has 2 aromatic heterocycles. The number of hydrogen-bond acceptors (Lipinski definition) is 4. The molecule has 0 amide bonds. The van der Waals surface area contributed by atoms with Crippen LogP contribution in [0.4, 0.5) is 0 Å². The fourth-order valence-electron chi connectivity index (χ4n) is 3.01. The van der Waals surface area contributed by atoms with Gasteiger partial charge >= 0.3 is 0 Å². The molecule has 6 heteroatoms. The molecule has 1 fully saturated rings. The average Bonchev–Trinajstić information content (AvgIpc) is 3.36. The molecule has 1 aliphatic carbocycles. The molecule has 0 atom stereocenters. The van der Waals surface area contributed by atoms with Gasteiger partial charge in [0.25, 0.3) is 5.56 Å². The van der Waals surface area contributed by atoms with E-state index in [2.05, 4.69) is 23.5 Å². The second-order valence-electron chi connectivity index (χ2n) is 6.64. The molecule has 0 saturated heterocycles. The number of thioether (sulfide) groups is 1. The third-order valence-electron chi connectivity index (χ3n) is 4.61. The van der Waals surface area contributed by atoms with E-state index in [-0.39, 0.29) is 5.56 Å². The second kappa shape index (κ2) is 6.26. The van der Waals surface area contributed by atoms with Crippen molar-refractivity contribution in [2.45, 2.75) is 17.7 Å². The Bertz CT molecular complexity index is 1000. The van der Waals surface area contributed by atoms with E-state index < -0.39 is 0 Å². The summed E-state index contributed by atoms with van der Waals surface area (Å²) < 4.78 is 9.42. The molecular formula is C19H21N3O2S. The summed E-state index contributed by atoms with van der Waals surface area (Å²) in [5, 5.41) is 5.17. The molecule has 5 nitrogen and oxygen atoms in total. The van der Waals surface area contributed by atoms with Crippen molar-refractivity contribution in [2.75, 3.05) is 12.9 Å². The molecular weight excluding hydrogens is 334 g/mol. The molecule has 130 valence electrons. The van der Waals surface area contributed by atoms with Gasteiger partial charge in [0.15, 0.2) is 0 Å². The molecule has 1 aliphatic rings. The lowest BCUT2D eigenvalue weighted by molar-refractivity contribution is 0.301. The number of aryl methyl sites for hydroxylation is 2. The van der Waals surface area contributed by atoms with Crippen LogP contribution in [0.25, 0.3) is 22.0 Å². The van der Waals surface area contributed by atoms with Gasteiger partial charge in [-0.25, -0.2) is 0 Å². The van der Waals surface area contributed by atoms with E-state index in [9.17, 15) is 4.79 Å². The van der Waals surface area contributed by atoms with Crippen molar-refractivity contribution < 1.29 is 4.74 Å². The molecule has 1 aromatic carbocycles. The maximum absolute atomic E-state index is 12.4. The third-order valence-corrected chi connectivity index (χ3v) is 5.33. The lowest BCUT2D eigenvalue weighted by Gasteiger charge is -2.14. The summed E-state index contributed by atoms with van der Waals surface area (Å²) in [6.07, 6.45) is 8.21. The first kappa shape index (κ1) is 16.3. The van der Waals surface area contributed by atoms with Crippen LogP contribution < -0.4 is 10.3 Å². The molecule has 3 aromatic rings. The highest BCUT2D eigenvalue weighted by atomic mass is 32.2. The highest BCUT2D eigenvalue weighted by Gasteiger charge is 2.23. The van der Waals surface area contributed by atoms with Crippen molar-refractivity contribution in [3.05, 3.63) is 40.9 Å². The quantitative estimate of drug-likeness (QED) is 0.658. The van der Waals surface area contributed by atoms with E-state index in [1.54, 1.807) is 34.3 Å².